The van der Waals surface area contributed by atoms with Gasteiger partial charge in [-0.05, 0) is 18.3 Å². The fourth-order valence-electron chi connectivity index (χ4n) is 1.61. The average molecular weight is 246 g/mol. The van der Waals surface area contributed by atoms with Gasteiger partial charge in [-0.25, -0.2) is 4.52 Å². The van der Waals surface area contributed by atoms with Crippen LogP contribution in [0.3, 0.4) is 0 Å². The largest absolute Gasteiger partial charge is 0.376 e. The maximum Gasteiger partial charge on any atom is 0.286 e. The number of hydrogen-bond donors (Lipinski definition) is 1. The minimum atomic E-state index is -0.403. The summed E-state index contributed by atoms with van der Waals surface area (Å²) in [5, 5.41) is 11.8. The summed E-state index contributed by atoms with van der Waals surface area (Å²) in [6.07, 6.45) is 3.08. The highest BCUT2D eigenvalue weighted by atomic mass is 32.1. The lowest BCUT2D eigenvalue weighted by Crippen LogP contribution is -2.31. The Hall–Kier alpha value is -2.35. The summed E-state index contributed by atoms with van der Waals surface area (Å²) in [5.74, 6) is 0. The van der Waals surface area contributed by atoms with Gasteiger partial charge >= 0.3 is 0 Å². The zero-order valence-electron chi connectivity index (χ0n) is 8.44. The van der Waals surface area contributed by atoms with Crippen molar-refractivity contribution in [2.75, 3.05) is 0 Å². The normalized spacial score (nSPS) is 11.1. The first-order chi connectivity index (χ1) is 8.18. The number of thiocarbonyl (C=S) groups is 1. The van der Waals surface area contributed by atoms with Crippen LogP contribution in [0.2, 0.25) is 0 Å². The van der Waals surface area contributed by atoms with Crippen molar-refractivity contribution < 1.29 is 0 Å². The number of rotatable bonds is 0. The number of hydrogen-bond acceptors (Lipinski definition) is 5. The van der Waals surface area contributed by atoms with Gasteiger partial charge in [0, 0.05) is 12.3 Å². The zero-order valence-corrected chi connectivity index (χ0v) is 9.26. The molecule has 0 aliphatic rings. The van der Waals surface area contributed by atoms with Gasteiger partial charge in [0.1, 0.15) is 5.52 Å². The standard InChI is InChI=1S/C9H6N6OS/c10-9(17)14-4-2-5-7(8(14)16)13-12-6-1-3-11-15(5)6/h1-4H,(H2,10,17). The molecule has 0 saturated carbocycles. The maximum absolute atomic E-state index is 12.0. The van der Waals surface area contributed by atoms with Crippen molar-refractivity contribution in [3.8, 4) is 0 Å². The van der Waals surface area contributed by atoms with E-state index in [1.54, 1.807) is 18.3 Å². The summed E-state index contributed by atoms with van der Waals surface area (Å²) in [7, 11) is 0. The van der Waals surface area contributed by atoms with E-state index in [2.05, 4.69) is 15.3 Å². The van der Waals surface area contributed by atoms with Crippen LogP contribution in [-0.2, 0) is 0 Å². The molecule has 0 saturated heterocycles. The summed E-state index contributed by atoms with van der Waals surface area (Å²) in [6.45, 7) is 0. The van der Waals surface area contributed by atoms with Crippen LogP contribution in [0.15, 0.2) is 29.3 Å². The van der Waals surface area contributed by atoms with Crippen molar-refractivity contribution in [3.63, 3.8) is 0 Å². The molecule has 0 unspecified atom stereocenters. The molecule has 0 spiro atoms. The van der Waals surface area contributed by atoms with E-state index in [9.17, 15) is 4.79 Å². The fraction of sp³-hybridized carbons (Fsp3) is 0. The quantitative estimate of drug-likeness (QED) is 0.539. The summed E-state index contributed by atoms with van der Waals surface area (Å²) < 4.78 is 2.68. The van der Waals surface area contributed by atoms with Crippen LogP contribution in [0.25, 0.3) is 16.7 Å². The lowest BCUT2D eigenvalue weighted by atomic mass is 10.4. The Kier molecular flexibility index (Phi) is 1.92. The third-order valence-electron chi connectivity index (χ3n) is 2.39. The third kappa shape index (κ3) is 1.31. The van der Waals surface area contributed by atoms with E-state index in [1.807, 2.05) is 0 Å². The second-order valence-corrected chi connectivity index (χ2v) is 3.78. The van der Waals surface area contributed by atoms with Gasteiger partial charge in [-0.2, -0.15) is 5.10 Å². The molecule has 7 nitrogen and oxygen atoms in total. The molecule has 0 radical (unpaired) electrons. The highest BCUT2D eigenvalue weighted by Crippen LogP contribution is 2.07. The van der Waals surface area contributed by atoms with E-state index in [0.717, 1.165) is 4.57 Å². The Morgan fingerprint density at radius 2 is 2.18 bits per heavy atom. The topological polar surface area (TPSA) is 91.1 Å². The molecule has 2 N–H and O–H groups in total. The van der Waals surface area contributed by atoms with Crippen LogP contribution in [-0.4, -0.2) is 29.5 Å². The first-order valence-corrected chi connectivity index (χ1v) is 5.11. The Morgan fingerprint density at radius 3 is 2.94 bits per heavy atom. The van der Waals surface area contributed by atoms with Crippen LogP contribution in [0.1, 0.15) is 0 Å². The molecule has 8 heteroatoms. The van der Waals surface area contributed by atoms with E-state index in [4.69, 9.17) is 18.0 Å². The van der Waals surface area contributed by atoms with Gasteiger partial charge in [0.2, 0.25) is 0 Å². The molecule has 3 rings (SSSR count). The van der Waals surface area contributed by atoms with Crippen LogP contribution in [0, 0.1) is 0 Å². The lowest BCUT2D eigenvalue weighted by Gasteiger charge is -2.04. The Morgan fingerprint density at radius 1 is 1.35 bits per heavy atom. The lowest BCUT2D eigenvalue weighted by molar-refractivity contribution is 0.927. The molecule has 17 heavy (non-hydrogen) atoms. The Labute approximate surface area is 99.5 Å². The SMILES string of the molecule is NC(=S)n1ccc2c(nnc3ccnn32)c1=O. The van der Waals surface area contributed by atoms with Gasteiger partial charge in [-0.15, -0.1) is 10.2 Å². The summed E-state index contributed by atoms with van der Waals surface area (Å²) in [6, 6.07) is 3.37. The Bertz CT molecular complexity index is 804. The number of nitrogens with two attached hydrogens (primary N) is 1. The van der Waals surface area contributed by atoms with Gasteiger partial charge < -0.3 is 5.73 Å². The summed E-state index contributed by atoms with van der Waals surface area (Å²) in [5.41, 5.74) is 6.34. The third-order valence-corrected chi connectivity index (χ3v) is 2.58. The first-order valence-electron chi connectivity index (χ1n) is 4.70. The minimum absolute atomic E-state index is 0.0285. The fourth-order valence-corrected chi connectivity index (χ4v) is 1.76. The molecular formula is C9H6N6OS. The van der Waals surface area contributed by atoms with E-state index in [1.165, 1.54) is 10.7 Å². The van der Waals surface area contributed by atoms with E-state index < -0.39 is 5.56 Å². The summed E-state index contributed by atoms with van der Waals surface area (Å²) >= 11 is 4.76. The van der Waals surface area contributed by atoms with E-state index >= 15 is 0 Å². The second kappa shape index (κ2) is 3.32. The molecule has 0 atom stereocenters. The predicted octanol–water partition coefficient (Wildman–Crippen LogP) is -0.469. The van der Waals surface area contributed by atoms with E-state index in [0.29, 0.717) is 11.2 Å². The first kappa shape index (κ1) is 9.85. The monoisotopic (exact) mass is 246 g/mol. The number of fused-ring (bicyclic) bond motifs is 3. The maximum atomic E-state index is 12.0. The van der Waals surface area contributed by atoms with Gasteiger partial charge in [-0.3, -0.25) is 9.36 Å². The van der Waals surface area contributed by atoms with Crippen molar-refractivity contribution in [1.82, 2.24) is 24.4 Å². The van der Waals surface area contributed by atoms with Crippen molar-refractivity contribution in [2.45, 2.75) is 0 Å². The molecule has 0 aliphatic heterocycles. The van der Waals surface area contributed by atoms with Gasteiger partial charge in [0.15, 0.2) is 16.3 Å². The highest BCUT2D eigenvalue weighted by molar-refractivity contribution is 7.80. The molecule has 3 aromatic heterocycles. The average Bonchev–Trinajstić information content (AvgIpc) is 2.77. The summed E-state index contributed by atoms with van der Waals surface area (Å²) in [4.78, 5) is 12.0. The smallest absolute Gasteiger partial charge is 0.286 e. The molecule has 0 aromatic carbocycles. The zero-order chi connectivity index (χ0) is 12.0. The molecular weight excluding hydrogens is 240 g/mol. The van der Waals surface area contributed by atoms with Crippen LogP contribution < -0.4 is 11.3 Å². The molecule has 0 amide bonds. The van der Waals surface area contributed by atoms with Gasteiger partial charge in [-0.1, -0.05) is 0 Å². The Balaban J connectivity index is 2.53. The molecule has 0 aliphatic carbocycles. The minimum Gasteiger partial charge on any atom is -0.376 e. The second-order valence-electron chi connectivity index (χ2n) is 3.36. The van der Waals surface area contributed by atoms with Crippen LogP contribution in [0.5, 0.6) is 0 Å². The number of aromatic nitrogens is 5. The highest BCUT2D eigenvalue weighted by Gasteiger charge is 2.09. The van der Waals surface area contributed by atoms with Gasteiger partial charge in [0.05, 0.1) is 6.20 Å². The number of nitrogens with zero attached hydrogens (tertiary/aromatic N) is 5. The molecule has 3 heterocycles. The predicted molar refractivity (Wildman–Crippen MR) is 64.7 cm³/mol. The molecule has 3 aromatic rings. The van der Waals surface area contributed by atoms with Crippen molar-refractivity contribution >= 4 is 34.0 Å². The number of pyridine rings is 1. The van der Waals surface area contributed by atoms with Crippen LogP contribution >= 0.6 is 12.2 Å². The van der Waals surface area contributed by atoms with E-state index in [-0.39, 0.29) is 10.6 Å². The van der Waals surface area contributed by atoms with Crippen molar-refractivity contribution in [2.24, 2.45) is 5.73 Å². The van der Waals surface area contributed by atoms with Gasteiger partial charge in [0.25, 0.3) is 5.56 Å². The van der Waals surface area contributed by atoms with Crippen molar-refractivity contribution in [3.05, 3.63) is 34.9 Å². The molecule has 84 valence electrons. The van der Waals surface area contributed by atoms with Crippen LogP contribution in [0.4, 0.5) is 0 Å². The van der Waals surface area contributed by atoms with Crippen molar-refractivity contribution in [1.29, 1.82) is 0 Å². The molecule has 0 fully saturated rings. The molecule has 0 bridgehead atoms.